The highest BCUT2D eigenvalue weighted by Gasteiger charge is 2.51. The smallest absolute Gasteiger partial charge is 0.228 e. The molecule has 1 aromatic heterocycles. The number of amides is 1. The van der Waals surface area contributed by atoms with E-state index in [0.717, 1.165) is 55.0 Å². The molecule has 0 saturated heterocycles. The fourth-order valence-electron chi connectivity index (χ4n) is 5.51. The Morgan fingerprint density at radius 3 is 2.52 bits per heavy atom. The molecule has 1 N–H and O–H groups in total. The molecule has 3 aromatic rings. The number of carbonyl (C=O) groups is 1. The summed E-state index contributed by atoms with van der Waals surface area (Å²) in [6.45, 7) is 0. The lowest BCUT2D eigenvalue weighted by molar-refractivity contribution is -0.133. The standard InChI is InChI=1S/C25H23ClF2N2O/c26-21-3-2-17(14-22(21)28)30-24(31)20-7-11-25(20)9-5-15(6-10-25)18-8-12-29-23-4-1-16(27)13-19(18)23/h1-4,8,12-15,20H,5-7,9-11H2,(H,30,31)/t15?,20-,25?/m1/s1. The van der Waals surface area contributed by atoms with Gasteiger partial charge in [0.1, 0.15) is 11.6 Å². The van der Waals surface area contributed by atoms with E-state index in [1.165, 1.54) is 18.2 Å². The fourth-order valence-corrected chi connectivity index (χ4v) is 5.62. The first-order chi connectivity index (χ1) is 14.9. The zero-order chi connectivity index (χ0) is 21.6. The second-order valence-electron chi connectivity index (χ2n) is 8.91. The Balaban J connectivity index is 1.29. The molecule has 2 fully saturated rings. The van der Waals surface area contributed by atoms with Crippen LogP contribution in [-0.4, -0.2) is 10.9 Å². The van der Waals surface area contributed by atoms with E-state index in [1.807, 2.05) is 6.07 Å². The van der Waals surface area contributed by atoms with Gasteiger partial charge >= 0.3 is 0 Å². The molecule has 1 spiro atoms. The van der Waals surface area contributed by atoms with E-state index in [1.54, 1.807) is 24.4 Å². The number of fused-ring (bicyclic) bond motifs is 1. The molecule has 1 heterocycles. The molecule has 0 radical (unpaired) electrons. The van der Waals surface area contributed by atoms with Gasteiger partial charge in [-0.3, -0.25) is 9.78 Å². The normalized spacial score (nSPS) is 25.4. The Morgan fingerprint density at radius 1 is 1.03 bits per heavy atom. The molecule has 2 aliphatic rings. The first-order valence-electron chi connectivity index (χ1n) is 10.8. The second kappa shape index (κ2) is 7.86. The van der Waals surface area contributed by atoms with E-state index >= 15 is 0 Å². The Hall–Kier alpha value is -2.53. The second-order valence-corrected chi connectivity index (χ2v) is 9.31. The first-order valence-corrected chi connectivity index (χ1v) is 11.1. The van der Waals surface area contributed by atoms with Crippen molar-refractivity contribution in [1.82, 2.24) is 4.98 Å². The summed E-state index contributed by atoms with van der Waals surface area (Å²) in [5, 5.41) is 3.80. The van der Waals surface area contributed by atoms with Crippen LogP contribution < -0.4 is 5.32 Å². The summed E-state index contributed by atoms with van der Waals surface area (Å²) >= 11 is 5.73. The fraction of sp³-hybridized carbons (Fsp3) is 0.360. The number of halogens is 3. The van der Waals surface area contributed by atoms with E-state index in [4.69, 9.17) is 11.6 Å². The van der Waals surface area contributed by atoms with Crippen LogP contribution in [0.25, 0.3) is 10.9 Å². The van der Waals surface area contributed by atoms with Crippen LogP contribution in [0.1, 0.15) is 50.0 Å². The minimum absolute atomic E-state index is 0.0135. The SMILES string of the molecule is O=C(Nc1ccc(Cl)c(F)c1)[C@H]1CCC12CCC(c1ccnc3ccc(F)cc13)CC2. The molecule has 2 aliphatic carbocycles. The predicted octanol–water partition coefficient (Wildman–Crippen LogP) is 6.86. The van der Waals surface area contributed by atoms with E-state index in [9.17, 15) is 13.6 Å². The van der Waals surface area contributed by atoms with Gasteiger partial charge in [0.15, 0.2) is 0 Å². The highest BCUT2D eigenvalue weighted by Crippen LogP contribution is 2.58. The highest BCUT2D eigenvalue weighted by molar-refractivity contribution is 6.30. The van der Waals surface area contributed by atoms with Crippen LogP contribution in [0.3, 0.4) is 0 Å². The molecule has 1 amide bonds. The van der Waals surface area contributed by atoms with Crippen molar-refractivity contribution >= 4 is 34.1 Å². The lowest BCUT2D eigenvalue weighted by Crippen LogP contribution is -2.48. The van der Waals surface area contributed by atoms with Crippen LogP contribution in [-0.2, 0) is 4.79 Å². The maximum atomic E-state index is 13.8. The highest BCUT2D eigenvalue weighted by atomic mass is 35.5. The van der Waals surface area contributed by atoms with E-state index < -0.39 is 5.82 Å². The summed E-state index contributed by atoms with van der Waals surface area (Å²) in [6.07, 6.45) is 7.55. The number of anilines is 1. The van der Waals surface area contributed by atoms with Crippen molar-refractivity contribution in [3.63, 3.8) is 0 Å². The molecule has 0 aliphatic heterocycles. The van der Waals surface area contributed by atoms with Crippen LogP contribution in [0.2, 0.25) is 5.02 Å². The number of pyridine rings is 1. The van der Waals surface area contributed by atoms with Gasteiger partial charge in [0.2, 0.25) is 5.91 Å². The van der Waals surface area contributed by atoms with Crippen LogP contribution >= 0.6 is 11.6 Å². The quantitative estimate of drug-likeness (QED) is 0.483. The summed E-state index contributed by atoms with van der Waals surface area (Å²) in [4.78, 5) is 17.3. The first kappa shape index (κ1) is 20.4. The minimum atomic E-state index is -0.538. The minimum Gasteiger partial charge on any atom is -0.326 e. The van der Waals surface area contributed by atoms with Gasteiger partial charge in [0.25, 0.3) is 0 Å². The van der Waals surface area contributed by atoms with Crippen LogP contribution in [0.5, 0.6) is 0 Å². The Kier molecular flexibility index (Phi) is 5.17. The van der Waals surface area contributed by atoms with Crippen molar-refractivity contribution in [2.45, 2.75) is 44.4 Å². The molecule has 6 heteroatoms. The lowest BCUT2D eigenvalue weighted by atomic mass is 9.52. The molecule has 1 atom stereocenters. The summed E-state index contributed by atoms with van der Waals surface area (Å²) in [6, 6.07) is 11.1. The number of benzene rings is 2. The number of hydrogen-bond acceptors (Lipinski definition) is 2. The number of nitrogens with one attached hydrogen (secondary N) is 1. The average Bonchev–Trinajstić information content (AvgIpc) is 2.75. The zero-order valence-corrected chi connectivity index (χ0v) is 17.8. The van der Waals surface area contributed by atoms with Gasteiger partial charge in [-0.1, -0.05) is 11.6 Å². The van der Waals surface area contributed by atoms with Gasteiger partial charge in [-0.05, 0) is 97.9 Å². The summed E-state index contributed by atoms with van der Waals surface area (Å²) in [5.74, 6) is -0.540. The van der Waals surface area contributed by atoms with Gasteiger partial charge in [-0.15, -0.1) is 0 Å². The van der Waals surface area contributed by atoms with Gasteiger partial charge in [-0.2, -0.15) is 0 Å². The van der Waals surface area contributed by atoms with Gasteiger partial charge in [0, 0.05) is 23.2 Å². The molecule has 2 saturated carbocycles. The molecule has 0 unspecified atom stereocenters. The zero-order valence-electron chi connectivity index (χ0n) is 17.0. The number of rotatable bonds is 3. The van der Waals surface area contributed by atoms with Crippen LogP contribution in [0.15, 0.2) is 48.7 Å². The van der Waals surface area contributed by atoms with Crippen molar-refractivity contribution < 1.29 is 13.6 Å². The number of hydrogen-bond donors (Lipinski definition) is 1. The molecule has 2 aromatic carbocycles. The Bertz CT molecular complexity index is 1160. The van der Waals surface area contributed by atoms with E-state index in [2.05, 4.69) is 10.3 Å². The monoisotopic (exact) mass is 440 g/mol. The topological polar surface area (TPSA) is 42.0 Å². The average molecular weight is 441 g/mol. The Morgan fingerprint density at radius 2 is 1.81 bits per heavy atom. The predicted molar refractivity (Wildman–Crippen MR) is 118 cm³/mol. The van der Waals surface area contributed by atoms with E-state index in [0.29, 0.717) is 11.6 Å². The van der Waals surface area contributed by atoms with Crippen LogP contribution in [0, 0.1) is 23.0 Å². The van der Waals surface area contributed by atoms with Crippen LogP contribution in [0.4, 0.5) is 14.5 Å². The number of nitrogens with zero attached hydrogens (tertiary/aromatic N) is 1. The molecular formula is C25H23ClF2N2O. The molecule has 160 valence electrons. The van der Waals surface area contributed by atoms with Crippen molar-refractivity contribution in [3.8, 4) is 0 Å². The third-order valence-corrected chi connectivity index (χ3v) is 7.64. The third-order valence-electron chi connectivity index (χ3n) is 7.33. The summed E-state index contributed by atoms with van der Waals surface area (Å²) < 4.78 is 27.5. The largest absolute Gasteiger partial charge is 0.326 e. The summed E-state index contributed by atoms with van der Waals surface area (Å²) in [5.41, 5.74) is 2.42. The maximum absolute atomic E-state index is 13.8. The van der Waals surface area contributed by atoms with Gasteiger partial charge in [-0.25, -0.2) is 8.78 Å². The third kappa shape index (κ3) is 3.69. The van der Waals surface area contributed by atoms with Crippen molar-refractivity contribution in [2.75, 3.05) is 5.32 Å². The van der Waals surface area contributed by atoms with Crippen molar-refractivity contribution in [3.05, 3.63) is 70.9 Å². The number of aromatic nitrogens is 1. The molecule has 31 heavy (non-hydrogen) atoms. The van der Waals surface area contributed by atoms with Crippen molar-refractivity contribution in [1.29, 1.82) is 0 Å². The van der Waals surface area contributed by atoms with Crippen molar-refractivity contribution in [2.24, 2.45) is 11.3 Å². The van der Waals surface area contributed by atoms with E-state index in [-0.39, 0.29) is 28.1 Å². The maximum Gasteiger partial charge on any atom is 0.228 e. The molecule has 0 bridgehead atoms. The number of carbonyl (C=O) groups excluding carboxylic acids is 1. The lowest BCUT2D eigenvalue weighted by Gasteiger charge is -2.52. The van der Waals surface area contributed by atoms with Gasteiger partial charge < -0.3 is 5.32 Å². The molecule has 5 rings (SSSR count). The van der Waals surface area contributed by atoms with Gasteiger partial charge in [0.05, 0.1) is 10.5 Å². The molecular weight excluding hydrogens is 418 g/mol. The summed E-state index contributed by atoms with van der Waals surface area (Å²) in [7, 11) is 0. The molecule has 3 nitrogen and oxygen atoms in total. The Labute approximate surface area is 184 Å².